The highest BCUT2D eigenvalue weighted by Crippen LogP contribution is 2.26. The summed E-state index contributed by atoms with van der Waals surface area (Å²) in [6.45, 7) is 1.43. The number of carbonyl (C=O) groups excluding carboxylic acids is 1. The molecule has 0 saturated heterocycles. The maximum Gasteiger partial charge on any atom is 0.308 e. The van der Waals surface area contributed by atoms with Crippen molar-refractivity contribution in [3.05, 3.63) is 41.5 Å². The Balaban J connectivity index is 2.37. The van der Waals surface area contributed by atoms with Gasteiger partial charge in [-0.25, -0.2) is 0 Å². The molecule has 1 aromatic rings. The summed E-state index contributed by atoms with van der Waals surface area (Å²) in [5, 5.41) is 0. The lowest BCUT2D eigenvalue weighted by Crippen LogP contribution is -2.06. The Hall–Kier alpha value is -1.57. The molecule has 1 aromatic carbocycles. The summed E-state index contributed by atoms with van der Waals surface area (Å²) in [4.78, 5) is 10.9. The third-order valence-corrected chi connectivity index (χ3v) is 2.31. The molecule has 2 nitrogen and oxygen atoms in total. The molecular weight excluding hydrogens is 176 g/mol. The molecule has 0 fully saturated rings. The van der Waals surface area contributed by atoms with E-state index in [2.05, 4.69) is 18.2 Å². The lowest BCUT2D eigenvalue weighted by Gasteiger charge is -2.14. The van der Waals surface area contributed by atoms with Gasteiger partial charge in [0.25, 0.3) is 0 Å². The van der Waals surface area contributed by atoms with Crippen LogP contribution in [0, 0.1) is 0 Å². The van der Waals surface area contributed by atoms with Crippen molar-refractivity contribution in [2.75, 3.05) is 0 Å². The van der Waals surface area contributed by atoms with Crippen LogP contribution < -0.4 is 4.74 Å². The minimum Gasteiger partial charge on any atom is -0.426 e. The van der Waals surface area contributed by atoms with Crippen LogP contribution in [0.25, 0.3) is 0 Å². The number of benzene rings is 1. The van der Waals surface area contributed by atoms with E-state index in [9.17, 15) is 4.79 Å². The van der Waals surface area contributed by atoms with Crippen LogP contribution in [0.5, 0.6) is 5.75 Å². The number of ether oxygens (including phenoxy) is 1. The van der Waals surface area contributed by atoms with Crippen LogP contribution in [-0.4, -0.2) is 5.97 Å². The molecule has 0 radical (unpaired) electrons. The second kappa shape index (κ2) is 3.66. The third kappa shape index (κ3) is 1.69. The monoisotopic (exact) mass is 188 g/mol. The Morgan fingerprint density at radius 2 is 2.07 bits per heavy atom. The highest BCUT2D eigenvalue weighted by Gasteiger charge is 2.11. The topological polar surface area (TPSA) is 26.3 Å². The van der Waals surface area contributed by atoms with Crippen molar-refractivity contribution in [3.63, 3.8) is 0 Å². The van der Waals surface area contributed by atoms with Gasteiger partial charge in [-0.05, 0) is 24.5 Å². The van der Waals surface area contributed by atoms with Crippen molar-refractivity contribution in [1.82, 2.24) is 0 Å². The molecule has 0 heterocycles. The van der Waals surface area contributed by atoms with Gasteiger partial charge in [0.1, 0.15) is 5.75 Å². The predicted molar refractivity (Wildman–Crippen MR) is 54.3 cm³/mol. The van der Waals surface area contributed by atoms with Crippen LogP contribution in [0.3, 0.4) is 0 Å². The molecule has 0 aliphatic heterocycles. The smallest absolute Gasteiger partial charge is 0.308 e. The van der Waals surface area contributed by atoms with Crippen molar-refractivity contribution in [1.29, 1.82) is 0 Å². The first-order valence-electron chi connectivity index (χ1n) is 4.71. The predicted octanol–water partition coefficient (Wildman–Crippen LogP) is 2.27. The Morgan fingerprint density at radius 3 is 2.86 bits per heavy atom. The number of allylic oxidation sites excluding steroid dienone is 2. The Labute approximate surface area is 83.2 Å². The summed E-state index contributed by atoms with van der Waals surface area (Å²) in [6, 6.07) is 5.85. The Bertz CT molecular complexity index is 391. The normalized spacial score (nSPS) is 13.5. The van der Waals surface area contributed by atoms with E-state index in [-0.39, 0.29) is 5.97 Å². The van der Waals surface area contributed by atoms with Crippen LogP contribution in [0.2, 0.25) is 0 Å². The van der Waals surface area contributed by atoms with Crippen molar-refractivity contribution < 1.29 is 9.53 Å². The van der Waals surface area contributed by atoms with E-state index in [0.717, 1.165) is 18.4 Å². The van der Waals surface area contributed by atoms with Gasteiger partial charge in [-0.2, -0.15) is 0 Å². The summed E-state index contributed by atoms with van der Waals surface area (Å²) in [7, 11) is 0. The zero-order valence-corrected chi connectivity index (χ0v) is 8.12. The van der Waals surface area contributed by atoms with Crippen LogP contribution in [0.15, 0.2) is 30.4 Å². The number of hydrogen-bond donors (Lipinski definition) is 0. The average Bonchev–Trinajstić information content (AvgIpc) is 2.18. The standard InChI is InChI=1S/C12H12O2/c1-9(13)14-12-8-4-6-10-5-2-3-7-11(10)12/h2-4,6,8H,5,7H2,1H3. The quantitative estimate of drug-likeness (QED) is 0.384. The molecule has 0 bridgehead atoms. The van der Waals surface area contributed by atoms with E-state index in [1.807, 2.05) is 12.1 Å². The van der Waals surface area contributed by atoms with Gasteiger partial charge in [0.15, 0.2) is 0 Å². The van der Waals surface area contributed by atoms with E-state index in [4.69, 9.17) is 4.74 Å². The highest BCUT2D eigenvalue weighted by atomic mass is 16.5. The maximum atomic E-state index is 10.9. The highest BCUT2D eigenvalue weighted by molar-refractivity contribution is 5.70. The van der Waals surface area contributed by atoms with Gasteiger partial charge in [-0.1, -0.05) is 24.3 Å². The van der Waals surface area contributed by atoms with Gasteiger partial charge < -0.3 is 4.74 Å². The van der Waals surface area contributed by atoms with Gasteiger partial charge in [-0.3, -0.25) is 4.79 Å². The van der Waals surface area contributed by atoms with Crippen LogP contribution in [-0.2, 0) is 17.6 Å². The SMILES string of the molecule is CC(=O)Oc1cccc2c1CC=CC2. The van der Waals surface area contributed by atoms with E-state index in [1.165, 1.54) is 12.5 Å². The molecule has 0 saturated carbocycles. The fraction of sp³-hybridized carbons (Fsp3) is 0.250. The molecule has 0 atom stereocenters. The fourth-order valence-corrected chi connectivity index (χ4v) is 1.70. The van der Waals surface area contributed by atoms with Gasteiger partial charge in [0.05, 0.1) is 0 Å². The van der Waals surface area contributed by atoms with Gasteiger partial charge in [0.2, 0.25) is 0 Å². The largest absolute Gasteiger partial charge is 0.426 e. The summed E-state index contributed by atoms with van der Waals surface area (Å²) in [5.74, 6) is 0.451. The first kappa shape index (κ1) is 9.00. The van der Waals surface area contributed by atoms with Crippen LogP contribution in [0.1, 0.15) is 18.1 Å². The molecule has 2 heteroatoms. The lowest BCUT2D eigenvalue weighted by atomic mass is 9.96. The Morgan fingerprint density at radius 1 is 1.29 bits per heavy atom. The summed E-state index contributed by atoms with van der Waals surface area (Å²) >= 11 is 0. The lowest BCUT2D eigenvalue weighted by molar-refractivity contribution is -0.131. The minimum atomic E-state index is -0.257. The average molecular weight is 188 g/mol. The summed E-state index contributed by atoms with van der Waals surface area (Å²) in [6.07, 6.45) is 6.04. The Kier molecular flexibility index (Phi) is 2.35. The van der Waals surface area contributed by atoms with Crippen LogP contribution >= 0.6 is 0 Å². The molecule has 72 valence electrons. The van der Waals surface area contributed by atoms with Crippen molar-refractivity contribution >= 4 is 5.97 Å². The number of hydrogen-bond acceptors (Lipinski definition) is 2. The molecule has 0 spiro atoms. The van der Waals surface area contributed by atoms with Gasteiger partial charge in [0, 0.05) is 12.5 Å². The first-order valence-corrected chi connectivity index (χ1v) is 4.71. The third-order valence-electron chi connectivity index (χ3n) is 2.31. The molecule has 0 N–H and O–H groups in total. The second-order valence-corrected chi connectivity index (χ2v) is 3.37. The molecule has 0 aromatic heterocycles. The molecule has 0 amide bonds. The van der Waals surface area contributed by atoms with E-state index in [0.29, 0.717) is 5.75 Å². The second-order valence-electron chi connectivity index (χ2n) is 3.37. The molecule has 1 aliphatic carbocycles. The fourth-order valence-electron chi connectivity index (χ4n) is 1.70. The number of esters is 1. The number of carbonyl (C=O) groups is 1. The van der Waals surface area contributed by atoms with Gasteiger partial charge in [-0.15, -0.1) is 0 Å². The molecule has 2 rings (SSSR count). The molecule has 0 unspecified atom stereocenters. The molecular formula is C12H12O2. The number of rotatable bonds is 1. The van der Waals surface area contributed by atoms with Crippen molar-refractivity contribution in [2.45, 2.75) is 19.8 Å². The minimum absolute atomic E-state index is 0.257. The number of fused-ring (bicyclic) bond motifs is 1. The van der Waals surface area contributed by atoms with E-state index >= 15 is 0 Å². The summed E-state index contributed by atoms with van der Waals surface area (Å²) < 4.78 is 5.14. The molecule has 1 aliphatic rings. The molecule has 14 heavy (non-hydrogen) atoms. The van der Waals surface area contributed by atoms with E-state index < -0.39 is 0 Å². The van der Waals surface area contributed by atoms with Gasteiger partial charge >= 0.3 is 5.97 Å². The first-order chi connectivity index (χ1) is 6.77. The van der Waals surface area contributed by atoms with Crippen molar-refractivity contribution in [2.24, 2.45) is 0 Å². The zero-order chi connectivity index (χ0) is 9.97. The van der Waals surface area contributed by atoms with Crippen molar-refractivity contribution in [3.8, 4) is 5.75 Å². The maximum absolute atomic E-state index is 10.9. The summed E-state index contributed by atoms with van der Waals surface area (Å²) in [5.41, 5.74) is 2.40. The zero-order valence-electron chi connectivity index (χ0n) is 8.12. The van der Waals surface area contributed by atoms with Crippen LogP contribution in [0.4, 0.5) is 0 Å². The van der Waals surface area contributed by atoms with E-state index in [1.54, 1.807) is 0 Å².